The largest absolute Gasteiger partial charge is 0.497 e. The summed E-state index contributed by atoms with van der Waals surface area (Å²) in [6.45, 7) is 0. The van der Waals surface area contributed by atoms with Crippen molar-refractivity contribution in [2.75, 3.05) is 14.2 Å². The number of methoxy groups -OCH3 is 2. The van der Waals surface area contributed by atoms with E-state index in [1.165, 1.54) is 6.08 Å². The molecule has 0 amide bonds. The van der Waals surface area contributed by atoms with Crippen LogP contribution in [0.25, 0.3) is 0 Å². The number of allylic oxidation sites excluding steroid dienone is 1. The molecule has 0 spiro atoms. The monoisotopic (exact) mass is 262 g/mol. The van der Waals surface area contributed by atoms with E-state index in [-0.39, 0.29) is 0 Å². The Morgan fingerprint density at radius 3 is 2.79 bits per heavy atom. The van der Waals surface area contributed by atoms with Crippen LogP contribution in [0.3, 0.4) is 0 Å². The second-order valence-electron chi connectivity index (χ2n) is 4.69. The summed E-state index contributed by atoms with van der Waals surface area (Å²) < 4.78 is 10.6. The van der Waals surface area contributed by atoms with Crippen LogP contribution in [0.4, 0.5) is 0 Å². The third-order valence-corrected chi connectivity index (χ3v) is 3.53. The molecule has 1 aromatic carbocycles. The summed E-state index contributed by atoms with van der Waals surface area (Å²) in [5.74, 6) is 1.07. The molecule has 1 aliphatic rings. The number of aliphatic carboxylic acids is 1. The Morgan fingerprint density at radius 1 is 1.37 bits per heavy atom. The molecule has 1 atom stereocenters. The minimum atomic E-state index is -0.867. The third-order valence-electron chi connectivity index (χ3n) is 3.53. The number of carbonyl (C=O) groups is 1. The van der Waals surface area contributed by atoms with E-state index in [0.717, 1.165) is 41.9 Å². The van der Waals surface area contributed by atoms with E-state index in [0.29, 0.717) is 5.92 Å². The van der Waals surface area contributed by atoms with Gasteiger partial charge < -0.3 is 14.6 Å². The lowest BCUT2D eigenvalue weighted by Gasteiger charge is -2.15. The Hall–Kier alpha value is -1.97. The van der Waals surface area contributed by atoms with Crippen molar-refractivity contribution in [3.63, 3.8) is 0 Å². The highest BCUT2D eigenvalue weighted by Crippen LogP contribution is 2.42. The van der Waals surface area contributed by atoms with Gasteiger partial charge in [-0.05, 0) is 43.4 Å². The highest BCUT2D eigenvalue weighted by Gasteiger charge is 2.24. The van der Waals surface area contributed by atoms with Gasteiger partial charge in [0.2, 0.25) is 0 Å². The first-order valence-electron chi connectivity index (χ1n) is 6.28. The molecular formula is C15H18O4. The van der Waals surface area contributed by atoms with Gasteiger partial charge in [0, 0.05) is 11.6 Å². The van der Waals surface area contributed by atoms with Gasteiger partial charge in [-0.25, -0.2) is 4.79 Å². The minimum Gasteiger partial charge on any atom is -0.497 e. The van der Waals surface area contributed by atoms with Gasteiger partial charge in [0.05, 0.1) is 14.2 Å². The van der Waals surface area contributed by atoms with E-state index in [4.69, 9.17) is 14.6 Å². The molecule has 0 radical (unpaired) electrons. The van der Waals surface area contributed by atoms with E-state index in [2.05, 4.69) is 0 Å². The lowest BCUT2D eigenvalue weighted by molar-refractivity contribution is -0.131. The number of carboxylic acid groups (broad SMARTS) is 1. The van der Waals surface area contributed by atoms with Crippen LogP contribution in [-0.4, -0.2) is 25.3 Å². The molecule has 0 saturated heterocycles. The zero-order valence-electron chi connectivity index (χ0n) is 11.2. The van der Waals surface area contributed by atoms with Crippen LogP contribution < -0.4 is 9.47 Å². The van der Waals surface area contributed by atoms with Crippen molar-refractivity contribution < 1.29 is 19.4 Å². The van der Waals surface area contributed by atoms with Crippen molar-refractivity contribution >= 4 is 5.97 Å². The summed E-state index contributed by atoms with van der Waals surface area (Å²) in [5, 5.41) is 8.79. The zero-order chi connectivity index (χ0) is 13.8. The molecule has 1 unspecified atom stereocenters. The number of rotatable bonds is 4. The van der Waals surface area contributed by atoms with E-state index in [1.807, 2.05) is 18.2 Å². The van der Waals surface area contributed by atoms with Gasteiger partial charge in [-0.1, -0.05) is 5.57 Å². The molecule has 4 heteroatoms. The first kappa shape index (κ1) is 13.5. The van der Waals surface area contributed by atoms with Gasteiger partial charge in [-0.15, -0.1) is 0 Å². The van der Waals surface area contributed by atoms with Crippen LogP contribution in [0.5, 0.6) is 11.5 Å². The van der Waals surface area contributed by atoms with Gasteiger partial charge in [-0.2, -0.15) is 0 Å². The molecule has 1 aliphatic carbocycles. The first-order chi connectivity index (χ1) is 9.13. The van der Waals surface area contributed by atoms with Crippen LogP contribution in [0.2, 0.25) is 0 Å². The van der Waals surface area contributed by atoms with Gasteiger partial charge in [0.1, 0.15) is 11.5 Å². The maximum absolute atomic E-state index is 10.7. The third kappa shape index (κ3) is 3.08. The Kier molecular flexibility index (Phi) is 4.10. The molecular weight excluding hydrogens is 244 g/mol. The smallest absolute Gasteiger partial charge is 0.328 e. The van der Waals surface area contributed by atoms with Crippen molar-refractivity contribution in [2.24, 2.45) is 0 Å². The van der Waals surface area contributed by atoms with E-state index in [1.54, 1.807) is 14.2 Å². The summed E-state index contributed by atoms with van der Waals surface area (Å²) in [6, 6.07) is 5.74. The number of ether oxygens (including phenoxy) is 2. The quantitative estimate of drug-likeness (QED) is 0.847. The van der Waals surface area contributed by atoms with Crippen molar-refractivity contribution in [3.05, 3.63) is 35.4 Å². The van der Waals surface area contributed by atoms with E-state index in [9.17, 15) is 4.79 Å². The fourth-order valence-corrected chi connectivity index (χ4v) is 2.61. The topological polar surface area (TPSA) is 55.8 Å². The average molecular weight is 262 g/mol. The van der Waals surface area contributed by atoms with Crippen LogP contribution >= 0.6 is 0 Å². The van der Waals surface area contributed by atoms with Gasteiger partial charge in [-0.3, -0.25) is 0 Å². The molecule has 102 valence electrons. The van der Waals surface area contributed by atoms with Gasteiger partial charge in [0.25, 0.3) is 0 Å². The molecule has 2 rings (SSSR count). The van der Waals surface area contributed by atoms with Crippen LogP contribution in [0, 0.1) is 0 Å². The fourth-order valence-electron chi connectivity index (χ4n) is 2.61. The summed E-state index contributed by atoms with van der Waals surface area (Å²) in [5.41, 5.74) is 2.08. The predicted octanol–water partition coefficient (Wildman–Crippen LogP) is 2.98. The molecule has 1 aromatic rings. The molecule has 0 aromatic heterocycles. The van der Waals surface area contributed by atoms with Gasteiger partial charge >= 0.3 is 5.97 Å². The first-order valence-corrected chi connectivity index (χ1v) is 6.28. The highest BCUT2D eigenvalue weighted by atomic mass is 16.5. The molecule has 4 nitrogen and oxygen atoms in total. The average Bonchev–Trinajstić information content (AvgIpc) is 2.85. The molecule has 0 bridgehead atoms. The zero-order valence-corrected chi connectivity index (χ0v) is 11.2. The van der Waals surface area contributed by atoms with Crippen molar-refractivity contribution in [2.45, 2.75) is 25.2 Å². The number of hydrogen-bond acceptors (Lipinski definition) is 3. The highest BCUT2D eigenvalue weighted by molar-refractivity contribution is 5.80. The molecule has 0 aliphatic heterocycles. The van der Waals surface area contributed by atoms with Crippen LogP contribution in [0.15, 0.2) is 29.8 Å². The molecule has 1 N–H and O–H groups in total. The molecule has 0 heterocycles. The summed E-state index contributed by atoms with van der Waals surface area (Å²) >= 11 is 0. The fraction of sp³-hybridized carbons (Fsp3) is 0.400. The summed E-state index contributed by atoms with van der Waals surface area (Å²) in [4.78, 5) is 10.7. The number of hydrogen-bond donors (Lipinski definition) is 1. The normalized spacial score (nSPS) is 20.5. The maximum atomic E-state index is 10.7. The van der Waals surface area contributed by atoms with Crippen molar-refractivity contribution in [3.8, 4) is 11.5 Å². The molecule has 19 heavy (non-hydrogen) atoms. The lowest BCUT2D eigenvalue weighted by Crippen LogP contribution is -1.98. The van der Waals surface area contributed by atoms with E-state index < -0.39 is 5.97 Å². The standard InChI is InChI=1S/C15H18O4/c1-18-12-5-6-14(19-2)13(9-12)11-4-3-10(7-11)8-15(16)17/h5-6,8-9,11H,3-4,7H2,1-2H3,(H,16,17)/b10-8+. The Labute approximate surface area is 112 Å². The minimum absolute atomic E-state index is 0.302. The van der Waals surface area contributed by atoms with Crippen LogP contribution in [-0.2, 0) is 4.79 Å². The number of benzene rings is 1. The Bertz CT molecular complexity index is 505. The van der Waals surface area contributed by atoms with Crippen LogP contribution in [0.1, 0.15) is 30.7 Å². The summed E-state index contributed by atoms with van der Waals surface area (Å²) in [6.07, 6.45) is 3.88. The SMILES string of the molecule is COc1ccc(OC)c(C2CC/C(=C\C(=O)O)C2)c1. The number of carboxylic acids is 1. The Balaban J connectivity index is 2.25. The lowest BCUT2D eigenvalue weighted by atomic mass is 9.96. The van der Waals surface area contributed by atoms with E-state index >= 15 is 0 Å². The molecule has 1 fully saturated rings. The van der Waals surface area contributed by atoms with Crippen molar-refractivity contribution in [1.29, 1.82) is 0 Å². The summed E-state index contributed by atoms with van der Waals surface area (Å²) in [7, 11) is 3.28. The maximum Gasteiger partial charge on any atom is 0.328 e. The second-order valence-corrected chi connectivity index (χ2v) is 4.69. The van der Waals surface area contributed by atoms with Gasteiger partial charge in [0.15, 0.2) is 0 Å². The second kappa shape index (κ2) is 5.78. The molecule has 1 saturated carbocycles. The predicted molar refractivity (Wildman–Crippen MR) is 71.9 cm³/mol. The Morgan fingerprint density at radius 2 is 2.16 bits per heavy atom. The van der Waals surface area contributed by atoms with Crippen molar-refractivity contribution in [1.82, 2.24) is 0 Å².